The highest BCUT2D eigenvalue weighted by atomic mass is 31.2. The Morgan fingerprint density at radius 2 is 0.550 bits per heavy atom. The molecule has 60 heavy (non-hydrogen) atoms. The van der Waals surface area contributed by atoms with Gasteiger partial charge in [-0.3, -0.25) is 0 Å². The first-order valence-corrected chi connectivity index (χ1v) is 25.5. The fourth-order valence-electron chi connectivity index (χ4n) is 10.1. The number of unbranched alkanes of at least 4 members (excludes halogenated alkanes) is 3. The van der Waals surface area contributed by atoms with Crippen molar-refractivity contribution in [1.29, 1.82) is 0 Å². The molecule has 308 valence electrons. The molecule has 0 saturated carbocycles. The van der Waals surface area contributed by atoms with Crippen molar-refractivity contribution in [3.05, 3.63) is 229 Å². The van der Waals surface area contributed by atoms with Crippen molar-refractivity contribution >= 4 is 35.3 Å². The van der Waals surface area contributed by atoms with Crippen molar-refractivity contribution in [2.45, 2.75) is 77.6 Å². The molecule has 7 rings (SSSR count). The van der Waals surface area contributed by atoms with Gasteiger partial charge in [0.25, 0.3) is 0 Å². The third-order valence-electron chi connectivity index (χ3n) is 13.1. The zero-order valence-corrected chi connectivity index (χ0v) is 37.6. The van der Waals surface area contributed by atoms with Gasteiger partial charge in [-0.15, -0.1) is 0 Å². The lowest BCUT2D eigenvalue weighted by molar-refractivity contribution is 0.550. The monoisotopic (exact) mass is 807 g/mol. The van der Waals surface area contributed by atoms with E-state index < -0.39 is 13.4 Å². The maximum absolute atomic E-state index is 2.37. The van der Waals surface area contributed by atoms with Gasteiger partial charge < -0.3 is 0 Å². The molecule has 0 fully saturated rings. The molecule has 0 aliphatic carbocycles. The third kappa shape index (κ3) is 10.7. The van der Waals surface area contributed by atoms with E-state index in [0.717, 1.165) is 0 Å². The summed E-state index contributed by atoms with van der Waals surface area (Å²) < 4.78 is 0. The van der Waals surface area contributed by atoms with Gasteiger partial charge in [-0.2, -0.15) is 21.9 Å². The average molecular weight is 807 g/mol. The summed E-state index contributed by atoms with van der Waals surface area (Å²) in [6, 6.07) is 77.4. The van der Waals surface area contributed by atoms with E-state index in [1.165, 1.54) is 115 Å². The number of hydrogen-bond donors (Lipinski definition) is 0. The quantitative estimate of drug-likeness (QED) is 0.0409. The molecular weight excluding hydrogens is 738 g/mol. The van der Waals surface area contributed by atoms with Crippen LogP contribution >= 0.6 is 7.26 Å². The van der Waals surface area contributed by atoms with Crippen LogP contribution in [0.5, 0.6) is 0 Å². The predicted octanol–water partition coefficient (Wildman–Crippen LogP) is 13.3. The van der Waals surface area contributed by atoms with E-state index in [2.05, 4.69) is 233 Å². The van der Waals surface area contributed by atoms with Gasteiger partial charge in [0.2, 0.25) is 0 Å². The van der Waals surface area contributed by atoms with E-state index in [1.54, 1.807) is 0 Å². The summed E-state index contributed by atoms with van der Waals surface area (Å²) >= 11 is 0. The largest absolute Gasteiger partial charge is 0.195 e. The molecule has 7 aromatic rings. The smallest absolute Gasteiger partial charge is 0.108 e. The van der Waals surface area contributed by atoms with E-state index >= 15 is 0 Å². The second kappa shape index (κ2) is 23.1. The summed E-state index contributed by atoms with van der Waals surface area (Å²) in [7, 11) is -0.906. The molecule has 0 radical (unpaired) electrons. The van der Waals surface area contributed by atoms with Crippen molar-refractivity contribution in [3.8, 4) is 0 Å². The molecule has 0 N–H and O–H groups in total. The zero-order valence-electron chi connectivity index (χ0n) is 36.7. The summed E-state index contributed by atoms with van der Waals surface area (Å²) in [6.07, 6.45) is 15.5. The standard InChI is InChI=1S/C34H48P.C24H20B/c1-4-7-27-35(28-8-5-2,29-9-6-3)30-19-26-34(31-20-13-10-14-21-31,32-22-15-11-16-23-32)33-24-17-12-18-25-33;1-5-13-21(14-6-1)25(22-15-7-2-8-16-22,23-17-9-3-10-18-23)24-19-11-4-12-20-24/h10-18,20-25H,4-9,19,26-30H2,1-3H3;1-20H/q+1;-1. The van der Waals surface area contributed by atoms with Gasteiger partial charge in [-0.05, 0) is 48.8 Å². The van der Waals surface area contributed by atoms with E-state index in [4.69, 9.17) is 0 Å². The lowest BCUT2D eigenvalue weighted by Gasteiger charge is -2.44. The first kappa shape index (κ1) is 44.6. The van der Waals surface area contributed by atoms with Crippen LogP contribution in [0.3, 0.4) is 0 Å². The van der Waals surface area contributed by atoms with E-state index in [9.17, 15) is 0 Å². The summed E-state index contributed by atoms with van der Waals surface area (Å²) in [5, 5.41) is 0. The van der Waals surface area contributed by atoms with E-state index in [1.807, 2.05) is 0 Å². The van der Waals surface area contributed by atoms with Crippen molar-refractivity contribution in [1.82, 2.24) is 0 Å². The lowest BCUT2D eigenvalue weighted by atomic mass is 9.13. The molecule has 0 aliphatic rings. The van der Waals surface area contributed by atoms with Gasteiger partial charge in [0, 0.05) is 12.7 Å². The van der Waals surface area contributed by atoms with Gasteiger partial charge in [-0.1, -0.05) is 252 Å². The zero-order chi connectivity index (χ0) is 41.8. The molecule has 0 nitrogen and oxygen atoms in total. The highest BCUT2D eigenvalue weighted by Gasteiger charge is 2.40. The molecule has 0 unspecified atom stereocenters. The maximum Gasteiger partial charge on any atom is 0.108 e. The fraction of sp³-hybridized carbons (Fsp3) is 0.276. The molecule has 7 aromatic carbocycles. The molecule has 0 aromatic heterocycles. The van der Waals surface area contributed by atoms with Crippen LogP contribution in [-0.2, 0) is 5.41 Å². The van der Waals surface area contributed by atoms with Crippen LogP contribution in [0.4, 0.5) is 0 Å². The Bertz CT molecular complexity index is 1890. The van der Waals surface area contributed by atoms with Gasteiger partial charge in [0.15, 0.2) is 0 Å². The summed E-state index contributed by atoms with van der Waals surface area (Å²) in [6.45, 7) is 7.12. The number of rotatable bonds is 20. The second-order valence-corrected chi connectivity index (χ2v) is 21.4. The lowest BCUT2D eigenvalue weighted by Crippen LogP contribution is -2.74. The highest BCUT2D eigenvalue weighted by Crippen LogP contribution is 2.62. The average Bonchev–Trinajstić information content (AvgIpc) is 3.33. The molecule has 0 aliphatic heterocycles. The van der Waals surface area contributed by atoms with Crippen molar-refractivity contribution in [3.63, 3.8) is 0 Å². The van der Waals surface area contributed by atoms with Gasteiger partial charge in [-0.25, -0.2) is 0 Å². The van der Waals surface area contributed by atoms with E-state index in [0.29, 0.717) is 0 Å². The Balaban J connectivity index is 0.000000212. The molecule has 2 heteroatoms. The SMILES string of the molecule is CCCC[P+](CCCC)(CCCC)CCCC(c1ccccc1)(c1ccccc1)c1ccccc1.c1ccc([B-](c2ccccc2)(c2ccccc2)c2ccccc2)cc1. The summed E-state index contributed by atoms with van der Waals surface area (Å²) in [5.41, 5.74) is 9.54. The van der Waals surface area contributed by atoms with Crippen LogP contribution in [-0.4, -0.2) is 30.8 Å². The van der Waals surface area contributed by atoms with Crippen LogP contribution in [0, 0.1) is 0 Å². The van der Waals surface area contributed by atoms with Crippen LogP contribution in [0.15, 0.2) is 212 Å². The normalized spacial score (nSPS) is 11.7. The third-order valence-corrected chi connectivity index (χ3v) is 18.2. The first-order valence-electron chi connectivity index (χ1n) is 23.0. The number of benzene rings is 7. The molecule has 0 bridgehead atoms. The van der Waals surface area contributed by atoms with Gasteiger partial charge in [0.1, 0.15) is 6.15 Å². The minimum absolute atomic E-state index is 0.0975. The van der Waals surface area contributed by atoms with Crippen molar-refractivity contribution in [2.75, 3.05) is 24.6 Å². The molecular formula is C58H68BP. The molecule has 0 saturated heterocycles. The van der Waals surface area contributed by atoms with Gasteiger partial charge in [0.05, 0.1) is 24.6 Å². The Kier molecular flexibility index (Phi) is 17.2. The highest BCUT2D eigenvalue weighted by molar-refractivity contribution is 7.75. The van der Waals surface area contributed by atoms with Crippen LogP contribution in [0.1, 0.15) is 88.8 Å². The molecule has 0 heterocycles. The van der Waals surface area contributed by atoms with Crippen LogP contribution in [0.2, 0.25) is 0 Å². The first-order chi connectivity index (χ1) is 29.6. The Labute approximate surface area is 364 Å². The van der Waals surface area contributed by atoms with Crippen molar-refractivity contribution in [2.24, 2.45) is 0 Å². The van der Waals surface area contributed by atoms with Gasteiger partial charge >= 0.3 is 0 Å². The molecule has 0 atom stereocenters. The fourth-order valence-corrected chi connectivity index (χ4v) is 15.2. The van der Waals surface area contributed by atoms with Crippen LogP contribution in [0.25, 0.3) is 0 Å². The van der Waals surface area contributed by atoms with Crippen molar-refractivity contribution < 1.29 is 0 Å². The van der Waals surface area contributed by atoms with Crippen LogP contribution < -0.4 is 21.9 Å². The summed E-state index contributed by atoms with van der Waals surface area (Å²) in [4.78, 5) is 0. The maximum atomic E-state index is 2.37. The Morgan fingerprint density at radius 3 is 0.800 bits per heavy atom. The number of hydrogen-bond acceptors (Lipinski definition) is 0. The predicted molar refractivity (Wildman–Crippen MR) is 270 cm³/mol. The molecule has 0 amide bonds. The molecule has 0 spiro atoms. The van der Waals surface area contributed by atoms with E-state index in [-0.39, 0.29) is 5.41 Å². The Morgan fingerprint density at radius 1 is 0.317 bits per heavy atom. The minimum atomic E-state index is -1.22. The topological polar surface area (TPSA) is 0 Å². The minimum Gasteiger partial charge on any atom is -0.195 e. The second-order valence-electron chi connectivity index (χ2n) is 16.9. The Hall–Kier alpha value is -4.97. The summed E-state index contributed by atoms with van der Waals surface area (Å²) in [5.74, 6) is 0.